The molecule has 3 aromatic rings. The molecule has 2 aromatic heterocycles. The Morgan fingerprint density at radius 1 is 1.16 bits per heavy atom. The first-order valence-corrected chi connectivity index (χ1v) is 14.7. The number of aromatic nitrogens is 2. The van der Waals surface area contributed by atoms with E-state index < -0.39 is 5.92 Å². The molecule has 226 valence electrons. The molecule has 0 radical (unpaired) electrons. The molecule has 2 amide bonds. The number of pyridine rings is 2. The molecule has 6 rings (SSSR count). The molecule has 3 aliphatic rings. The lowest BCUT2D eigenvalue weighted by Gasteiger charge is -2.58. The Bertz CT molecular complexity index is 1510. The summed E-state index contributed by atoms with van der Waals surface area (Å²) in [6, 6.07) is 12.9. The van der Waals surface area contributed by atoms with E-state index in [2.05, 4.69) is 15.6 Å². The van der Waals surface area contributed by atoms with Crippen LogP contribution in [0.2, 0.25) is 0 Å². The van der Waals surface area contributed by atoms with Crippen LogP contribution in [0.1, 0.15) is 59.5 Å². The molecule has 2 aliphatic heterocycles. The van der Waals surface area contributed by atoms with Crippen LogP contribution in [-0.4, -0.2) is 71.6 Å². The van der Waals surface area contributed by atoms with Crippen molar-refractivity contribution in [3.63, 3.8) is 0 Å². The van der Waals surface area contributed by atoms with Gasteiger partial charge in [0.15, 0.2) is 11.4 Å². The normalized spacial score (nSPS) is 19.4. The van der Waals surface area contributed by atoms with Crippen LogP contribution in [0.4, 0.5) is 8.78 Å². The lowest BCUT2D eigenvalue weighted by atomic mass is 9.61. The first-order chi connectivity index (χ1) is 20.6. The fourth-order valence-corrected chi connectivity index (χ4v) is 6.17. The first kappa shape index (κ1) is 29.0. The summed E-state index contributed by atoms with van der Waals surface area (Å²) in [7, 11) is 0. The van der Waals surface area contributed by atoms with Crippen LogP contribution < -0.4 is 20.1 Å². The van der Waals surface area contributed by atoms with E-state index in [0.29, 0.717) is 49.1 Å². The zero-order valence-corrected chi connectivity index (χ0v) is 24.2. The zero-order chi connectivity index (χ0) is 30.2. The van der Waals surface area contributed by atoms with Gasteiger partial charge in [0.2, 0.25) is 5.88 Å². The van der Waals surface area contributed by atoms with Gasteiger partial charge < -0.3 is 25.0 Å². The number of benzene rings is 1. The Labute approximate surface area is 249 Å². The number of carbonyl (C=O) groups excluding carboxylic acids is 2. The van der Waals surface area contributed by atoms with Gasteiger partial charge >= 0.3 is 0 Å². The second-order valence-electron chi connectivity index (χ2n) is 11.8. The van der Waals surface area contributed by atoms with Gasteiger partial charge in [0.05, 0.1) is 17.9 Å². The van der Waals surface area contributed by atoms with Crippen LogP contribution in [0, 0.1) is 5.41 Å². The van der Waals surface area contributed by atoms with Crippen LogP contribution in [0.15, 0.2) is 54.7 Å². The Hall–Kier alpha value is -4.12. The van der Waals surface area contributed by atoms with Crippen LogP contribution in [0.5, 0.6) is 11.6 Å². The first-order valence-electron chi connectivity index (χ1n) is 14.7. The number of ether oxygens (including phenoxy) is 2. The number of hydrogen-bond acceptors (Lipinski definition) is 7. The molecule has 1 unspecified atom stereocenters. The second-order valence-corrected chi connectivity index (χ2v) is 11.8. The summed E-state index contributed by atoms with van der Waals surface area (Å²) in [6.45, 7) is 5.77. The second kappa shape index (κ2) is 11.5. The molecule has 2 N–H and O–H groups in total. The average Bonchev–Trinajstić information content (AvgIpc) is 3.46. The molecule has 1 spiro atoms. The number of likely N-dealkylation sites (tertiary alicyclic amines) is 1. The van der Waals surface area contributed by atoms with E-state index in [-0.39, 0.29) is 46.2 Å². The van der Waals surface area contributed by atoms with Crippen molar-refractivity contribution < 1.29 is 27.8 Å². The van der Waals surface area contributed by atoms with Gasteiger partial charge in [0.1, 0.15) is 6.10 Å². The third-order valence-electron chi connectivity index (χ3n) is 8.37. The number of halogens is 2. The predicted octanol–water partition coefficient (Wildman–Crippen LogP) is 4.43. The summed E-state index contributed by atoms with van der Waals surface area (Å²) in [5, 5.41) is 6.32. The van der Waals surface area contributed by atoms with E-state index in [1.807, 2.05) is 13.0 Å². The van der Waals surface area contributed by atoms with Gasteiger partial charge in [-0.1, -0.05) is 12.1 Å². The van der Waals surface area contributed by atoms with Crippen molar-refractivity contribution in [1.29, 1.82) is 0 Å². The highest BCUT2D eigenvalue weighted by atomic mass is 19.3. The van der Waals surface area contributed by atoms with Crippen LogP contribution >= 0.6 is 0 Å². The lowest BCUT2D eigenvalue weighted by Crippen LogP contribution is -2.65. The maximum Gasteiger partial charge on any atom is 0.274 e. The highest BCUT2D eigenvalue weighted by molar-refractivity contribution is 5.96. The van der Waals surface area contributed by atoms with Crippen molar-refractivity contribution in [3.05, 3.63) is 71.5 Å². The Balaban J connectivity index is 1.14. The van der Waals surface area contributed by atoms with E-state index in [9.17, 15) is 18.4 Å². The molecular weight excluding hydrogens is 556 g/mol. The number of carbonyl (C=O) groups is 2. The van der Waals surface area contributed by atoms with Crippen molar-refractivity contribution in [1.82, 2.24) is 25.5 Å². The molecule has 1 saturated carbocycles. The van der Waals surface area contributed by atoms with E-state index in [1.54, 1.807) is 35.4 Å². The molecular formula is C32H35F2N5O4. The minimum absolute atomic E-state index is 0.0119. The summed E-state index contributed by atoms with van der Waals surface area (Å²) in [5.74, 6) is -2.72. The molecule has 1 atom stereocenters. The highest BCUT2D eigenvalue weighted by Crippen LogP contribution is 2.50. The van der Waals surface area contributed by atoms with Gasteiger partial charge in [-0.05, 0) is 69.1 Å². The number of rotatable bonds is 9. The number of nitrogens with one attached hydrogen (secondary N) is 2. The topological polar surface area (TPSA) is 106 Å². The van der Waals surface area contributed by atoms with Gasteiger partial charge in [-0.3, -0.25) is 9.59 Å². The van der Waals surface area contributed by atoms with Crippen molar-refractivity contribution in [2.24, 2.45) is 5.41 Å². The number of hydrogen-bond donors (Lipinski definition) is 2. The zero-order valence-electron chi connectivity index (χ0n) is 24.2. The third-order valence-corrected chi connectivity index (χ3v) is 8.37. The van der Waals surface area contributed by atoms with Crippen molar-refractivity contribution in [2.75, 3.05) is 32.8 Å². The molecule has 43 heavy (non-hydrogen) atoms. The highest BCUT2D eigenvalue weighted by Gasteiger charge is 2.55. The predicted molar refractivity (Wildman–Crippen MR) is 155 cm³/mol. The van der Waals surface area contributed by atoms with E-state index in [4.69, 9.17) is 14.5 Å². The summed E-state index contributed by atoms with van der Waals surface area (Å²) in [6.07, 6.45) is 3.79. The maximum atomic E-state index is 13.8. The van der Waals surface area contributed by atoms with Crippen LogP contribution in [0.25, 0.3) is 11.3 Å². The standard InChI is InChI=1S/C32H35F2N5O4/c1-3-42-29-24(8-5-12-36-29)25-9-10-26(27(38-25)28(40)37-22-11-13-35-17-22)43-23-15-32(16-23)18-39(19-32)30(41)20-6-4-7-21(14-20)31(2,33)34/h4-10,12,14,22-23,35H,3,11,13,15-19H2,1-2H3,(H,37,40). The molecule has 0 bridgehead atoms. The largest absolute Gasteiger partial charge is 0.488 e. The van der Waals surface area contributed by atoms with Gasteiger partial charge in [-0.2, -0.15) is 0 Å². The Morgan fingerprint density at radius 2 is 1.98 bits per heavy atom. The summed E-state index contributed by atoms with van der Waals surface area (Å²) in [4.78, 5) is 37.1. The van der Waals surface area contributed by atoms with E-state index >= 15 is 0 Å². The summed E-state index contributed by atoms with van der Waals surface area (Å²) < 4.78 is 39.5. The molecule has 3 fully saturated rings. The minimum Gasteiger partial charge on any atom is -0.488 e. The molecule has 1 aromatic carbocycles. The Kier molecular flexibility index (Phi) is 7.76. The summed E-state index contributed by atoms with van der Waals surface area (Å²) in [5.41, 5.74) is 1.47. The van der Waals surface area contributed by atoms with Gasteiger partial charge in [-0.15, -0.1) is 0 Å². The number of nitrogens with zero attached hydrogens (tertiary/aromatic N) is 3. The van der Waals surface area contributed by atoms with E-state index in [1.165, 1.54) is 18.2 Å². The molecule has 2 saturated heterocycles. The maximum absolute atomic E-state index is 13.8. The Morgan fingerprint density at radius 3 is 2.70 bits per heavy atom. The van der Waals surface area contributed by atoms with Crippen LogP contribution in [-0.2, 0) is 5.92 Å². The lowest BCUT2D eigenvalue weighted by molar-refractivity contribution is -0.103. The molecule has 9 nitrogen and oxygen atoms in total. The average molecular weight is 592 g/mol. The van der Waals surface area contributed by atoms with Gasteiger partial charge in [0, 0.05) is 55.3 Å². The van der Waals surface area contributed by atoms with E-state index in [0.717, 1.165) is 32.7 Å². The number of amides is 2. The molecule has 4 heterocycles. The SMILES string of the molecule is CCOc1ncccc1-c1ccc(OC2CC3(C2)CN(C(=O)c2cccc(C(C)(F)F)c2)C3)c(C(=O)NC2CCNC2)n1. The fourth-order valence-electron chi connectivity index (χ4n) is 6.17. The minimum atomic E-state index is -3.01. The molecule has 11 heteroatoms. The van der Waals surface area contributed by atoms with Gasteiger partial charge in [0.25, 0.3) is 17.7 Å². The summed E-state index contributed by atoms with van der Waals surface area (Å²) >= 11 is 0. The quantitative estimate of drug-likeness (QED) is 0.379. The third kappa shape index (κ3) is 6.04. The molecule has 1 aliphatic carbocycles. The number of alkyl halides is 2. The smallest absolute Gasteiger partial charge is 0.274 e. The monoisotopic (exact) mass is 591 g/mol. The van der Waals surface area contributed by atoms with Crippen LogP contribution in [0.3, 0.4) is 0 Å². The van der Waals surface area contributed by atoms with Crippen molar-refractivity contribution in [3.8, 4) is 22.9 Å². The van der Waals surface area contributed by atoms with Crippen molar-refractivity contribution in [2.45, 2.75) is 51.2 Å². The van der Waals surface area contributed by atoms with Crippen molar-refractivity contribution >= 4 is 11.8 Å². The van der Waals surface area contributed by atoms with Gasteiger partial charge in [-0.25, -0.2) is 18.7 Å². The fraction of sp³-hybridized carbons (Fsp3) is 0.438.